The van der Waals surface area contributed by atoms with Crippen molar-refractivity contribution in [3.8, 4) is 5.88 Å². The van der Waals surface area contributed by atoms with Gasteiger partial charge in [-0.05, 0) is 30.2 Å². The van der Waals surface area contributed by atoms with Crippen molar-refractivity contribution >= 4 is 11.6 Å². The molecular weight excluding hydrogens is 261 g/mol. The zero-order valence-corrected chi connectivity index (χ0v) is 11.2. The number of hydrogen-bond acceptors (Lipinski definition) is 4. The van der Waals surface area contributed by atoms with Crippen molar-refractivity contribution in [3.63, 3.8) is 0 Å². The molecule has 1 N–H and O–H groups in total. The predicted octanol–water partition coefficient (Wildman–Crippen LogP) is 2.44. The van der Waals surface area contributed by atoms with Gasteiger partial charge in [-0.1, -0.05) is 6.92 Å². The van der Waals surface area contributed by atoms with Crippen LogP contribution in [0.3, 0.4) is 0 Å². The SMILES string of the molecule is CCc1cc(NC(=O)c2cnc(OC)cn2)ccc1F. The molecular formula is C14H14FN3O2. The number of nitrogens with zero attached hydrogens (tertiary/aromatic N) is 2. The fourth-order valence-electron chi connectivity index (χ4n) is 1.66. The minimum atomic E-state index is -0.409. The molecule has 0 aliphatic heterocycles. The number of aromatic nitrogens is 2. The zero-order chi connectivity index (χ0) is 14.5. The standard InChI is InChI=1S/C14H14FN3O2/c1-3-9-6-10(4-5-11(9)15)18-14(19)12-7-17-13(20-2)8-16-12/h4-8H,3H2,1-2H3,(H,18,19). The van der Waals surface area contributed by atoms with Crippen molar-refractivity contribution in [2.24, 2.45) is 0 Å². The van der Waals surface area contributed by atoms with Gasteiger partial charge in [0.15, 0.2) is 0 Å². The molecule has 0 saturated carbocycles. The second kappa shape index (κ2) is 6.10. The van der Waals surface area contributed by atoms with Gasteiger partial charge in [0.25, 0.3) is 5.91 Å². The number of rotatable bonds is 4. The number of nitrogens with one attached hydrogen (secondary N) is 1. The molecule has 1 heterocycles. The summed E-state index contributed by atoms with van der Waals surface area (Å²) in [6.45, 7) is 1.85. The number of methoxy groups -OCH3 is 1. The molecule has 0 aliphatic carbocycles. The number of aryl methyl sites for hydroxylation is 1. The van der Waals surface area contributed by atoms with E-state index < -0.39 is 5.91 Å². The third kappa shape index (κ3) is 3.09. The zero-order valence-electron chi connectivity index (χ0n) is 11.2. The number of anilines is 1. The quantitative estimate of drug-likeness (QED) is 0.930. The summed E-state index contributed by atoms with van der Waals surface area (Å²) in [6.07, 6.45) is 3.23. The van der Waals surface area contributed by atoms with Crippen LogP contribution in [0.15, 0.2) is 30.6 Å². The van der Waals surface area contributed by atoms with Gasteiger partial charge in [0.1, 0.15) is 11.5 Å². The second-order valence-corrected chi connectivity index (χ2v) is 4.06. The highest BCUT2D eigenvalue weighted by molar-refractivity contribution is 6.02. The lowest BCUT2D eigenvalue weighted by Gasteiger charge is -2.07. The Kier molecular flexibility index (Phi) is 4.24. The molecule has 2 aromatic rings. The molecule has 0 saturated heterocycles. The normalized spacial score (nSPS) is 10.2. The Morgan fingerprint density at radius 3 is 2.75 bits per heavy atom. The second-order valence-electron chi connectivity index (χ2n) is 4.06. The molecule has 0 atom stereocenters. The summed E-state index contributed by atoms with van der Waals surface area (Å²) < 4.78 is 18.2. The maximum Gasteiger partial charge on any atom is 0.275 e. The van der Waals surface area contributed by atoms with E-state index in [-0.39, 0.29) is 11.5 Å². The molecule has 20 heavy (non-hydrogen) atoms. The van der Waals surface area contributed by atoms with Crippen molar-refractivity contribution in [1.82, 2.24) is 9.97 Å². The van der Waals surface area contributed by atoms with Crippen LogP contribution in [-0.4, -0.2) is 23.0 Å². The Bertz CT molecular complexity index is 614. The summed E-state index contributed by atoms with van der Waals surface area (Å²) in [5.74, 6) is -0.361. The lowest BCUT2D eigenvalue weighted by atomic mass is 10.1. The first kappa shape index (κ1) is 13.9. The van der Waals surface area contributed by atoms with Gasteiger partial charge in [-0.25, -0.2) is 14.4 Å². The van der Waals surface area contributed by atoms with Gasteiger partial charge < -0.3 is 10.1 Å². The Morgan fingerprint density at radius 2 is 2.15 bits per heavy atom. The van der Waals surface area contributed by atoms with Crippen molar-refractivity contribution in [1.29, 1.82) is 0 Å². The van der Waals surface area contributed by atoms with E-state index in [1.807, 2.05) is 6.92 Å². The maximum absolute atomic E-state index is 13.4. The predicted molar refractivity (Wildman–Crippen MR) is 72.3 cm³/mol. The largest absolute Gasteiger partial charge is 0.480 e. The van der Waals surface area contributed by atoms with Crippen molar-refractivity contribution in [2.45, 2.75) is 13.3 Å². The number of halogens is 1. The van der Waals surface area contributed by atoms with E-state index in [4.69, 9.17) is 4.74 Å². The molecule has 5 nitrogen and oxygen atoms in total. The van der Waals surface area contributed by atoms with Crippen molar-refractivity contribution in [2.75, 3.05) is 12.4 Å². The molecule has 0 spiro atoms. The molecule has 0 radical (unpaired) electrons. The molecule has 104 valence electrons. The Balaban J connectivity index is 2.14. The molecule has 0 bridgehead atoms. The van der Waals surface area contributed by atoms with Crippen LogP contribution in [0, 0.1) is 5.82 Å². The summed E-state index contributed by atoms with van der Waals surface area (Å²) in [5, 5.41) is 2.65. The smallest absolute Gasteiger partial charge is 0.275 e. The maximum atomic E-state index is 13.4. The third-order valence-corrected chi connectivity index (χ3v) is 2.75. The van der Waals surface area contributed by atoms with Gasteiger partial charge in [-0.2, -0.15) is 0 Å². The summed E-state index contributed by atoms with van der Waals surface area (Å²) >= 11 is 0. The molecule has 0 fully saturated rings. The van der Waals surface area contributed by atoms with Crippen LogP contribution in [0.25, 0.3) is 0 Å². The lowest BCUT2D eigenvalue weighted by Crippen LogP contribution is -2.14. The monoisotopic (exact) mass is 275 g/mol. The highest BCUT2D eigenvalue weighted by atomic mass is 19.1. The van der Waals surface area contributed by atoms with Crippen LogP contribution in [-0.2, 0) is 6.42 Å². The number of carbonyl (C=O) groups excluding carboxylic acids is 1. The summed E-state index contributed by atoms with van der Waals surface area (Å²) in [5.41, 5.74) is 1.22. The average Bonchev–Trinajstić information content (AvgIpc) is 2.49. The molecule has 6 heteroatoms. The van der Waals surface area contributed by atoms with Gasteiger partial charge >= 0.3 is 0 Å². The van der Waals surface area contributed by atoms with Crippen LogP contribution in [0.2, 0.25) is 0 Å². The first-order valence-corrected chi connectivity index (χ1v) is 6.10. The van der Waals surface area contributed by atoms with Gasteiger partial charge in [0.2, 0.25) is 5.88 Å². The van der Waals surface area contributed by atoms with Gasteiger partial charge in [0.05, 0.1) is 19.5 Å². The van der Waals surface area contributed by atoms with E-state index in [9.17, 15) is 9.18 Å². The first-order valence-electron chi connectivity index (χ1n) is 6.10. The summed E-state index contributed by atoms with van der Waals surface area (Å²) in [7, 11) is 1.47. The van der Waals surface area contributed by atoms with Gasteiger partial charge in [0, 0.05) is 5.69 Å². The Morgan fingerprint density at radius 1 is 1.35 bits per heavy atom. The van der Waals surface area contributed by atoms with E-state index in [0.717, 1.165) is 0 Å². The number of ether oxygens (including phenoxy) is 1. The van der Waals surface area contributed by atoms with Crippen LogP contribution >= 0.6 is 0 Å². The Labute approximate surface area is 115 Å². The van der Waals surface area contributed by atoms with Crippen LogP contribution in [0.5, 0.6) is 5.88 Å². The third-order valence-electron chi connectivity index (χ3n) is 2.75. The molecule has 0 aliphatic rings. The van der Waals surface area contributed by atoms with E-state index in [0.29, 0.717) is 23.6 Å². The molecule has 1 aromatic carbocycles. The molecule has 0 unspecified atom stereocenters. The minimum Gasteiger partial charge on any atom is -0.480 e. The van der Waals surface area contributed by atoms with E-state index >= 15 is 0 Å². The fourth-order valence-corrected chi connectivity index (χ4v) is 1.66. The van der Waals surface area contributed by atoms with Crippen LogP contribution < -0.4 is 10.1 Å². The molecule has 1 amide bonds. The van der Waals surface area contributed by atoms with Gasteiger partial charge in [-0.15, -0.1) is 0 Å². The highest BCUT2D eigenvalue weighted by Crippen LogP contribution is 2.16. The van der Waals surface area contributed by atoms with Crippen molar-refractivity contribution in [3.05, 3.63) is 47.7 Å². The average molecular weight is 275 g/mol. The first-order chi connectivity index (χ1) is 9.63. The van der Waals surface area contributed by atoms with Crippen molar-refractivity contribution < 1.29 is 13.9 Å². The van der Waals surface area contributed by atoms with Crippen LogP contribution in [0.4, 0.5) is 10.1 Å². The number of carbonyl (C=O) groups is 1. The number of benzene rings is 1. The van der Waals surface area contributed by atoms with E-state index in [1.54, 1.807) is 6.07 Å². The highest BCUT2D eigenvalue weighted by Gasteiger charge is 2.10. The number of amides is 1. The lowest BCUT2D eigenvalue weighted by molar-refractivity contribution is 0.102. The topological polar surface area (TPSA) is 64.1 Å². The molecule has 2 rings (SSSR count). The van der Waals surface area contributed by atoms with Crippen LogP contribution in [0.1, 0.15) is 23.0 Å². The fraction of sp³-hybridized carbons (Fsp3) is 0.214. The summed E-state index contributed by atoms with van der Waals surface area (Å²) in [4.78, 5) is 19.8. The Hall–Kier alpha value is -2.50. The minimum absolute atomic E-state index is 0.160. The van der Waals surface area contributed by atoms with E-state index in [1.165, 1.54) is 31.6 Å². The number of hydrogen-bond donors (Lipinski definition) is 1. The van der Waals surface area contributed by atoms with Gasteiger partial charge in [-0.3, -0.25) is 4.79 Å². The molecule has 1 aromatic heterocycles. The van der Waals surface area contributed by atoms with E-state index in [2.05, 4.69) is 15.3 Å². The summed E-state index contributed by atoms with van der Waals surface area (Å²) in [6, 6.07) is 4.43.